The minimum atomic E-state index is -0.568. The number of amides is 1. The molecule has 0 aromatic carbocycles. The molecule has 0 saturated heterocycles. The van der Waals surface area contributed by atoms with E-state index in [1.165, 1.54) is 0 Å². The quantitative estimate of drug-likeness (QED) is 0.605. The van der Waals surface area contributed by atoms with Crippen molar-refractivity contribution in [2.45, 2.75) is 45.3 Å². The molecular formula is C13H25NO4. The fourth-order valence-corrected chi connectivity index (χ4v) is 1.54. The molecule has 0 aromatic heterocycles. The Morgan fingerprint density at radius 1 is 1.39 bits per heavy atom. The maximum atomic E-state index is 11.5. The Balaban J connectivity index is 4.25. The highest BCUT2D eigenvalue weighted by Crippen LogP contribution is 2.12. The molecule has 0 aromatic rings. The van der Waals surface area contributed by atoms with E-state index in [9.17, 15) is 9.90 Å². The molecule has 0 aliphatic heterocycles. The molecule has 0 rings (SSSR count). The van der Waals surface area contributed by atoms with Gasteiger partial charge in [-0.25, -0.2) is 4.79 Å². The van der Waals surface area contributed by atoms with Gasteiger partial charge in [-0.15, -0.1) is 6.58 Å². The van der Waals surface area contributed by atoms with Gasteiger partial charge < -0.3 is 20.3 Å². The summed E-state index contributed by atoms with van der Waals surface area (Å²) in [5.74, 6) is -0.0189. The predicted molar refractivity (Wildman–Crippen MR) is 70.3 cm³/mol. The molecular weight excluding hydrogens is 234 g/mol. The van der Waals surface area contributed by atoms with Gasteiger partial charge in [0.25, 0.3) is 0 Å². The van der Waals surface area contributed by atoms with Crippen molar-refractivity contribution in [1.82, 2.24) is 5.32 Å². The highest BCUT2D eigenvalue weighted by Gasteiger charge is 2.21. The van der Waals surface area contributed by atoms with E-state index in [0.717, 1.165) is 0 Å². The first-order valence-corrected chi connectivity index (χ1v) is 6.14. The van der Waals surface area contributed by atoms with Crippen LogP contribution in [0, 0.1) is 5.92 Å². The lowest BCUT2D eigenvalue weighted by Gasteiger charge is -2.24. The SMILES string of the molecule is C=CCC(CO)CC(CO)NC(=O)OC(C)(C)C. The van der Waals surface area contributed by atoms with Gasteiger partial charge in [-0.1, -0.05) is 6.08 Å². The van der Waals surface area contributed by atoms with Crippen molar-refractivity contribution >= 4 is 6.09 Å². The molecule has 0 radical (unpaired) electrons. The van der Waals surface area contributed by atoms with Crippen LogP contribution in [0.4, 0.5) is 4.79 Å². The zero-order chi connectivity index (χ0) is 14.2. The maximum Gasteiger partial charge on any atom is 0.407 e. The van der Waals surface area contributed by atoms with E-state index < -0.39 is 17.7 Å². The van der Waals surface area contributed by atoms with Gasteiger partial charge in [-0.3, -0.25) is 0 Å². The monoisotopic (exact) mass is 259 g/mol. The molecule has 5 heteroatoms. The first kappa shape index (κ1) is 16.9. The molecule has 106 valence electrons. The van der Waals surface area contributed by atoms with Crippen LogP contribution in [0.2, 0.25) is 0 Å². The largest absolute Gasteiger partial charge is 0.444 e. The van der Waals surface area contributed by atoms with E-state index >= 15 is 0 Å². The number of rotatable bonds is 7. The van der Waals surface area contributed by atoms with E-state index in [-0.39, 0.29) is 19.1 Å². The van der Waals surface area contributed by atoms with Gasteiger partial charge in [0.1, 0.15) is 5.60 Å². The van der Waals surface area contributed by atoms with Crippen molar-refractivity contribution in [3.05, 3.63) is 12.7 Å². The van der Waals surface area contributed by atoms with Gasteiger partial charge in [0, 0.05) is 6.61 Å². The number of nitrogens with one attached hydrogen (secondary N) is 1. The number of aliphatic hydroxyl groups excluding tert-OH is 2. The van der Waals surface area contributed by atoms with E-state index in [1.807, 2.05) is 0 Å². The number of hydrogen-bond acceptors (Lipinski definition) is 4. The lowest BCUT2D eigenvalue weighted by molar-refractivity contribution is 0.0466. The summed E-state index contributed by atoms with van der Waals surface area (Å²) in [6, 6.07) is -0.419. The number of carbonyl (C=O) groups is 1. The van der Waals surface area contributed by atoms with Crippen LogP contribution < -0.4 is 5.32 Å². The third-order valence-electron chi connectivity index (χ3n) is 2.32. The lowest BCUT2D eigenvalue weighted by atomic mass is 9.98. The van der Waals surface area contributed by atoms with Crippen LogP contribution in [0.1, 0.15) is 33.6 Å². The summed E-state index contributed by atoms with van der Waals surface area (Å²) in [6.07, 6.45) is 2.28. The predicted octanol–water partition coefficient (Wildman–Crippen LogP) is 1.45. The van der Waals surface area contributed by atoms with Crippen molar-refractivity contribution in [2.24, 2.45) is 5.92 Å². The van der Waals surface area contributed by atoms with Crippen LogP contribution in [0.15, 0.2) is 12.7 Å². The van der Waals surface area contributed by atoms with E-state index in [2.05, 4.69) is 11.9 Å². The van der Waals surface area contributed by atoms with Gasteiger partial charge in [0.15, 0.2) is 0 Å². The summed E-state index contributed by atoms with van der Waals surface area (Å²) in [5.41, 5.74) is -0.568. The van der Waals surface area contributed by atoms with E-state index in [0.29, 0.717) is 12.8 Å². The third-order valence-corrected chi connectivity index (χ3v) is 2.32. The average molecular weight is 259 g/mol. The summed E-state index contributed by atoms with van der Waals surface area (Å²) in [5, 5.41) is 20.9. The molecule has 3 N–H and O–H groups in total. The number of carbonyl (C=O) groups excluding carboxylic acids is 1. The standard InChI is InChI=1S/C13H25NO4/c1-5-6-10(8-15)7-11(9-16)14-12(17)18-13(2,3)4/h5,10-11,15-16H,1,6-9H2,2-4H3,(H,14,17). The molecule has 0 spiro atoms. The van der Waals surface area contributed by atoms with Crippen LogP contribution in [-0.4, -0.2) is 41.2 Å². The van der Waals surface area contributed by atoms with Crippen molar-refractivity contribution in [2.75, 3.05) is 13.2 Å². The van der Waals surface area contributed by atoms with Gasteiger partial charge >= 0.3 is 6.09 Å². The third kappa shape index (κ3) is 8.08. The maximum absolute atomic E-state index is 11.5. The van der Waals surface area contributed by atoms with Crippen molar-refractivity contribution in [3.63, 3.8) is 0 Å². The summed E-state index contributed by atoms with van der Waals surface area (Å²) in [6.45, 7) is 8.73. The molecule has 0 aliphatic rings. The highest BCUT2D eigenvalue weighted by molar-refractivity contribution is 5.68. The molecule has 0 aliphatic carbocycles. The van der Waals surface area contributed by atoms with Crippen molar-refractivity contribution < 1.29 is 19.7 Å². The van der Waals surface area contributed by atoms with Crippen LogP contribution in [-0.2, 0) is 4.74 Å². The molecule has 0 heterocycles. The molecule has 0 saturated carbocycles. The summed E-state index contributed by atoms with van der Waals surface area (Å²) in [7, 11) is 0. The number of hydrogen-bond donors (Lipinski definition) is 3. The fourth-order valence-electron chi connectivity index (χ4n) is 1.54. The minimum Gasteiger partial charge on any atom is -0.444 e. The van der Waals surface area contributed by atoms with Gasteiger partial charge in [0.2, 0.25) is 0 Å². The Hall–Kier alpha value is -1.07. The summed E-state index contributed by atoms with van der Waals surface area (Å²) in [4.78, 5) is 11.5. The topological polar surface area (TPSA) is 78.8 Å². The summed E-state index contributed by atoms with van der Waals surface area (Å²) < 4.78 is 5.10. The Labute approximate surface area is 109 Å². The second-order valence-corrected chi connectivity index (χ2v) is 5.33. The molecule has 2 atom stereocenters. The number of allylic oxidation sites excluding steroid dienone is 1. The van der Waals surface area contributed by atoms with E-state index in [4.69, 9.17) is 9.84 Å². The average Bonchev–Trinajstić information content (AvgIpc) is 2.24. The normalized spacial score (nSPS) is 14.7. The van der Waals surface area contributed by atoms with Crippen LogP contribution in [0.5, 0.6) is 0 Å². The van der Waals surface area contributed by atoms with Gasteiger partial charge in [-0.2, -0.15) is 0 Å². The molecule has 18 heavy (non-hydrogen) atoms. The molecule has 0 fully saturated rings. The van der Waals surface area contributed by atoms with Crippen LogP contribution >= 0.6 is 0 Å². The zero-order valence-corrected chi connectivity index (χ0v) is 11.5. The first-order valence-electron chi connectivity index (χ1n) is 6.14. The van der Waals surface area contributed by atoms with Crippen molar-refractivity contribution in [3.8, 4) is 0 Å². The highest BCUT2D eigenvalue weighted by atomic mass is 16.6. The fraction of sp³-hybridized carbons (Fsp3) is 0.769. The second kappa shape index (κ2) is 8.11. The Morgan fingerprint density at radius 3 is 2.39 bits per heavy atom. The molecule has 5 nitrogen and oxygen atoms in total. The van der Waals surface area contributed by atoms with Crippen molar-refractivity contribution in [1.29, 1.82) is 0 Å². The first-order chi connectivity index (χ1) is 8.32. The Morgan fingerprint density at radius 2 is 2.00 bits per heavy atom. The van der Waals surface area contributed by atoms with Crippen LogP contribution in [0.25, 0.3) is 0 Å². The van der Waals surface area contributed by atoms with E-state index in [1.54, 1.807) is 26.8 Å². The minimum absolute atomic E-state index is 0.00147. The molecule has 1 amide bonds. The number of ether oxygens (including phenoxy) is 1. The Bertz CT molecular complexity index is 260. The number of aliphatic hydroxyl groups is 2. The van der Waals surface area contributed by atoms with Gasteiger partial charge in [0.05, 0.1) is 12.6 Å². The molecule has 2 unspecified atom stereocenters. The number of alkyl carbamates (subject to hydrolysis) is 1. The second-order valence-electron chi connectivity index (χ2n) is 5.33. The zero-order valence-electron chi connectivity index (χ0n) is 11.5. The summed E-state index contributed by atoms with van der Waals surface area (Å²) >= 11 is 0. The van der Waals surface area contributed by atoms with Gasteiger partial charge in [-0.05, 0) is 39.5 Å². The lowest BCUT2D eigenvalue weighted by Crippen LogP contribution is -2.42. The molecule has 0 bridgehead atoms. The Kier molecular flexibility index (Phi) is 7.62. The van der Waals surface area contributed by atoms with Crippen LogP contribution in [0.3, 0.4) is 0 Å². The smallest absolute Gasteiger partial charge is 0.407 e.